The van der Waals surface area contributed by atoms with Gasteiger partial charge in [-0.2, -0.15) is 0 Å². The van der Waals surface area contributed by atoms with E-state index in [4.69, 9.17) is 0 Å². The molecule has 2 N–H and O–H groups in total. The molecule has 1 aromatic carbocycles. The lowest BCUT2D eigenvalue weighted by atomic mass is 10.0. The molecule has 1 aromatic heterocycles. The van der Waals surface area contributed by atoms with Crippen molar-refractivity contribution < 1.29 is 9.18 Å². The van der Waals surface area contributed by atoms with Gasteiger partial charge < -0.3 is 10.3 Å². The Bertz CT molecular complexity index is 730. The number of nitrogens with one attached hydrogen (secondary N) is 2. The van der Waals surface area contributed by atoms with Gasteiger partial charge in [0.1, 0.15) is 11.9 Å². The zero-order chi connectivity index (χ0) is 16.8. The molecule has 2 aromatic rings. The quantitative estimate of drug-likeness (QED) is 0.828. The van der Waals surface area contributed by atoms with Crippen molar-refractivity contribution in [2.45, 2.75) is 12.5 Å². The molecule has 2 rings (SSSR count). The van der Waals surface area contributed by atoms with Crippen LogP contribution in [0.2, 0.25) is 0 Å². The van der Waals surface area contributed by atoms with Crippen LogP contribution in [0.3, 0.4) is 0 Å². The summed E-state index contributed by atoms with van der Waals surface area (Å²) in [6.45, 7) is 0.342. The summed E-state index contributed by atoms with van der Waals surface area (Å²) in [6.07, 6.45) is 1.77. The standard InChI is InChI=1S/C16H19FN4O2/c1-21(2)15(11-4-3-5-12(17)8-11)16(23)18-7-6-13-9-14(22)20-10-19-13/h3-5,8-10,15H,6-7H2,1-2H3,(H,18,23)(H,19,20,22)/t15-/m0/s1. The molecule has 1 heterocycles. The molecule has 0 spiro atoms. The van der Waals surface area contributed by atoms with Gasteiger partial charge in [0.25, 0.3) is 5.56 Å². The molecule has 0 saturated heterocycles. The Morgan fingerprint density at radius 3 is 2.83 bits per heavy atom. The van der Waals surface area contributed by atoms with Crippen molar-refractivity contribution in [2.24, 2.45) is 0 Å². The number of carbonyl (C=O) groups is 1. The Hall–Kier alpha value is -2.54. The maximum absolute atomic E-state index is 13.4. The number of benzene rings is 1. The van der Waals surface area contributed by atoms with Crippen LogP contribution in [0.4, 0.5) is 4.39 Å². The van der Waals surface area contributed by atoms with Crippen molar-refractivity contribution in [1.82, 2.24) is 20.2 Å². The highest BCUT2D eigenvalue weighted by atomic mass is 19.1. The highest BCUT2D eigenvalue weighted by molar-refractivity contribution is 5.83. The molecule has 0 fully saturated rings. The first-order valence-electron chi connectivity index (χ1n) is 7.20. The Balaban J connectivity index is 2.00. The lowest BCUT2D eigenvalue weighted by molar-refractivity contribution is -0.125. The van der Waals surface area contributed by atoms with Gasteiger partial charge in [-0.1, -0.05) is 12.1 Å². The van der Waals surface area contributed by atoms with Crippen LogP contribution < -0.4 is 10.9 Å². The first kappa shape index (κ1) is 16.8. The largest absolute Gasteiger partial charge is 0.354 e. The van der Waals surface area contributed by atoms with Crippen LogP contribution in [0.5, 0.6) is 0 Å². The van der Waals surface area contributed by atoms with Crippen molar-refractivity contribution in [1.29, 1.82) is 0 Å². The molecule has 1 atom stereocenters. The highest BCUT2D eigenvalue weighted by Crippen LogP contribution is 2.19. The molecular weight excluding hydrogens is 299 g/mol. The number of H-pyrrole nitrogens is 1. The number of rotatable bonds is 6. The molecule has 0 bridgehead atoms. The molecule has 0 aliphatic carbocycles. The number of aromatic nitrogens is 2. The third kappa shape index (κ3) is 4.72. The maximum Gasteiger partial charge on any atom is 0.250 e. The molecule has 0 saturated carbocycles. The van der Waals surface area contributed by atoms with E-state index in [0.29, 0.717) is 24.2 Å². The first-order chi connectivity index (χ1) is 11.0. The molecule has 0 radical (unpaired) electrons. The van der Waals surface area contributed by atoms with E-state index < -0.39 is 6.04 Å². The van der Waals surface area contributed by atoms with Crippen molar-refractivity contribution in [3.05, 3.63) is 64.1 Å². The van der Waals surface area contributed by atoms with Gasteiger partial charge in [-0.05, 0) is 31.8 Å². The molecular formula is C16H19FN4O2. The zero-order valence-electron chi connectivity index (χ0n) is 13.0. The number of hydrogen-bond donors (Lipinski definition) is 2. The molecule has 0 aliphatic rings. The molecule has 0 unspecified atom stereocenters. The summed E-state index contributed by atoms with van der Waals surface area (Å²) in [4.78, 5) is 31.7. The van der Waals surface area contributed by atoms with Crippen LogP contribution in [-0.2, 0) is 11.2 Å². The van der Waals surface area contributed by atoms with Gasteiger partial charge in [-0.3, -0.25) is 14.5 Å². The van der Waals surface area contributed by atoms with Gasteiger partial charge in [0.2, 0.25) is 5.91 Å². The number of hydrogen-bond acceptors (Lipinski definition) is 4. The SMILES string of the molecule is CN(C)[C@H](C(=O)NCCc1cc(=O)[nH]cn1)c1cccc(F)c1. The van der Waals surface area contributed by atoms with E-state index in [0.717, 1.165) is 0 Å². The Morgan fingerprint density at radius 1 is 1.39 bits per heavy atom. The number of likely N-dealkylation sites (N-methyl/N-ethyl adjacent to an activating group) is 1. The molecule has 7 heteroatoms. The Kier molecular flexibility index (Phi) is 5.59. The van der Waals surface area contributed by atoms with E-state index >= 15 is 0 Å². The summed E-state index contributed by atoms with van der Waals surface area (Å²) in [7, 11) is 3.51. The lowest BCUT2D eigenvalue weighted by Crippen LogP contribution is -2.38. The molecule has 0 aliphatic heterocycles. The van der Waals surface area contributed by atoms with Crippen molar-refractivity contribution in [2.75, 3.05) is 20.6 Å². The van der Waals surface area contributed by atoms with E-state index in [1.807, 2.05) is 0 Å². The van der Waals surface area contributed by atoms with E-state index in [1.54, 1.807) is 31.1 Å². The number of aromatic amines is 1. The fourth-order valence-corrected chi connectivity index (χ4v) is 2.32. The molecule has 122 valence electrons. The zero-order valence-corrected chi connectivity index (χ0v) is 13.0. The van der Waals surface area contributed by atoms with E-state index in [1.165, 1.54) is 24.5 Å². The van der Waals surface area contributed by atoms with Crippen LogP contribution in [0, 0.1) is 5.82 Å². The minimum atomic E-state index is -0.585. The van der Waals surface area contributed by atoms with Crippen LogP contribution in [0.15, 0.2) is 41.5 Å². The first-order valence-corrected chi connectivity index (χ1v) is 7.20. The summed E-state index contributed by atoms with van der Waals surface area (Å²) in [6, 6.07) is 6.79. The van der Waals surface area contributed by atoms with Crippen LogP contribution in [0.1, 0.15) is 17.3 Å². The predicted molar refractivity (Wildman–Crippen MR) is 84.4 cm³/mol. The Labute approximate surface area is 133 Å². The summed E-state index contributed by atoms with van der Waals surface area (Å²) >= 11 is 0. The Morgan fingerprint density at radius 2 is 2.17 bits per heavy atom. The van der Waals surface area contributed by atoms with E-state index in [9.17, 15) is 14.0 Å². The van der Waals surface area contributed by atoms with Gasteiger partial charge in [0, 0.05) is 24.7 Å². The second-order valence-corrected chi connectivity index (χ2v) is 5.36. The van der Waals surface area contributed by atoms with Crippen molar-refractivity contribution in [3.63, 3.8) is 0 Å². The lowest BCUT2D eigenvalue weighted by Gasteiger charge is -2.23. The van der Waals surface area contributed by atoms with Gasteiger partial charge in [0.15, 0.2) is 0 Å². The minimum Gasteiger partial charge on any atom is -0.354 e. The monoisotopic (exact) mass is 318 g/mol. The van der Waals surface area contributed by atoms with Crippen molar-refractivity contribution >= 4 is 5.91 Å². The number of carbonyl (C=O) groups excluding carboxylic acids is 1. The number of nitrogens with zero attached hydrogens (tertiary/aromatic N) is 2. The molecule has 23 heavy (non-hydrogen) atoms. The fraction of sp³-hybridized carbons (Fsp3) is 0.312. The number of amides is 1. The fourth-order valence-electron chi connectivity index (χ4n) is 2.32. The summed E-state index contributed by atoms with van der Waals surface area (Å²) in [5, 5.41) is 2.79. The van der Waals surface area contributed by atoms with Gasteiger partial charge in [-0.15, -0.1) is 0 Å². The third-order valence-corrected chi connectivity index (χ3v) is 3.34. The second-order valence-electron chi connectivity index (χ2n) is 5.36. The van der Waals surface area contributed by atoms with Crippen LogP contribution >= 0.6 is 0 Å². The van der Waals surface area contributed by atoms with Gasteiger partial charge in [0.05, 0.1) is 6.33 Å². The number of halogens is 1. The average molecular weight is 318 g/mol. The third-order valence-electron chi connectivity index (χ3n) is 3.34. The highest BCUT2D eigenvalue weighted by Gasteiger charge is 2.22. The van der Waals surface area contributed by atoms with Crippen LogP contribution in [-0.4, -0.2) is 41.4 Å². The molecule has 1 amide bonds. The normalized spacial score (nSPS) is 12.2. The van der Waals surface area contributed by atoms with E-state index in [-0.39, 0.29) is 17.3 Å². The van der Waals surface area contributed by atoms with Gasteiger partial charge >= 0.3 is 0 Å². The summed E-state index contributed by atoms with van der Waals surface area (Å²) in [5.41, 5.74) is 0.954. The minimum absolute atomic E-state index is 0.229. The van der Waals surface area contributed by atoms with E-state index in [2.05, 4.69) is 15.3 Å². The average Bonchev–Trinajstić information content (AvgIpc) is 2.47. The topological polar surface area (TPSA) is 78.1 Å². The molecule has 6 nitrogen and oxygen atoms in total. The maximum atomic E-state index is 13.4. The van der Waals surface area contributed by atoms with Gasteiger partial charge in [-0.25, -0.2) is 9.37 Å². The smallest absolute Gasteiger partial charge is 0.250 e. The van der Waals surface area contributed by atoms with Crippen LogP contribution in [0.25, 0.3) is 0 Å². The summed E-state index contributed by atoms with van der Waals surface area (Å²) < 4.78 is 13.4. The predicted octanol–water partition coefficient (Wildman–Crippen LogP) is 0.871. The summed E-state index contributed by atoms with van der Waals surface area (Å²) in [5.74, 6) is -0.611. The second kappa shape index (κ2) is 7.64. The van der Waals surface area contributed by atoms with Crippen molar-refractivity contribution in [3.8, 4) is 0 Å².